The van der Waals surface area contributed by atoms with E-state index in [2.05, 4.69) is 25.2 Å². The van der Waals surface area contributed by atoms with E-state index in [1.165, 1.54) is 5.56 Å². The molecule has 1 N–H and O–H groups in total. The quantitative estimate of drug-likeness (QED) is 0.776. The van der Waals surface area contributed by atoms with Crippen LogP contribution in [0.2, 0.25) is 0 Å². The second-order valence-corrected chi connectivity index (χ2v) is 3.47. The van der Waals surface area contributed by atoms with Gasteiger partial charge >= 0.3 is 0 Å². The third-order valence-electron chi connectivity index (χ3n) is 2.24. The van der Waals surface area contributed by atoms with Gasteiger partial charge in [0.2, 0.25) is 0 Å². The summed E-state index contributed by atoms with van der Waals surface area (Å²) in [4.78, 5) is 0. The second kappa shape index (κ2) is 5.66. The molecule has 1 aromatic carbocycles. The van der Waals surface area contributed by atoms with Gasteiger partial charge in [-0.3, -0.25) is 0 Å². The maximum absolute atomic E-state index is 5.81. The van der Waals surface area contributed by atoms with Crippen LogP contribution in [0, 0.1) is 0 Å². The summed E-state index contributed by atoms with van der Waals surface area (Å²) >= 11 is 0. The van der Waals surface area contributed by atoms with Crippen LogP contribution in [0.3, 0.4) is 0 Å². The van der Waals surface area contributed by atoms with Gasteiger partial charge in [0.25, 0.3) is 0 Å². The van der Waals surface area contributed by atoms with Crippen molar-refractivity contribution >= 4 is 0 Å². The number of para-hydroxylation sites is 1. The van der Waals surface area contributed by atoms with Crippen LogP contribution in [-0.2, 0) is 6.54 Å². The molecule has 1 rings (SSSR count). The number of hydrogen-bond donors (Lipinski definition) is 1. The van der Waals surface area contributed by atoms with Crippen molar-refractivity contribution in [2.45, 2.75) is 32.9 Å². The summed E-state index contributed by atoms with van der Waals surface area (Å²) in [6.45, 7) is 5.08. The Morgan fingerprint density at radius 2 is 2.07 bits per heavy atom. The van der Waals surface area contributed by atoms with Crippen molar-refractivity contribution in [3.8, 4) is 5.75 Å². The van der Waals surface area contributed by atoms with Crippen LogP contribution < -0.4 is 10.1 Å². The minimum atomic E-state index is 0.285. The first-order valence-corrected chi connectivity index (χ1v) is 5.17. The van der Waals surface area contributed by atoms with Gasteiger partial charge < -0.3 is 10.1 Å². The number of hydrogen-bond acceptors (Lipinski definition) is 2. The highest BCUT2D eigenvalue weighted by atomic mass is 16.5. The van der Waals surface area contributed by atoms with Gasteiger partial charge in [0.1, 0.15) is 5.75 Å². The van der Waals surface area contributed by atoms with Gasteiger partial charge in [-0.05, 0) is 26.5 Å². The first-order valence-electron chi connectivity index (χ1n) is 5.17. The minimum absolute atomic E-state index is 0.285. The second-order valence-electron chi connectivity index (χ2n) is 3.47. The van der Waals surface area contributed by atoms with Crippen molar-refractivity contribution in [2.24, 2.45) is 0 Å². The molecule has 0 aliphatic rings. The third kappa shape index (κ3) is 3.04. The highest BCUT2D eigenvalue weighted by molar-refractivity contribution is 5.33. The molecule has 0 aliphatic heterocycles. The molecule has 0 fully saturated rings. The largest absolute Gasteiger partial charge is 0.490 e. The number of benzene rings is 1. The van der Waals surface area contributed by atoms with E-state index >= 15 is 0 Å². The van der Waals surface area contributed by atoms with E-state index in [0.29, 0.717) is 0 Å². The van der Waals surface area contributed by atoms with Gasteiger partial charge in [-0.2, -0.15) is 0 Å². The molecular weight excluding hydrogens is 174 g/mol. The molecule has 1 atom stereocenters. The fraction of sp³-hybridized carbons (Fsp3) is 0.500. The van der Waals surface area contributed by atoms with Crippen LogP contribution in [0.15, 0.2) is 24.3 Å². The lowest BCUT2D eigenvalue weighted by Crippen LogP contribution is -2.13. The number of nitrogens with one attached hydrogen (secondary N) is 1. The minimum Gasteiger partial charge on any atom is -0.490 e. The predicted octanol–water partition coefficient (Wildman–Crippen LogP) is 2.58. The van der Waals surface area contributed by atoms with Crippen LogP contribution in [0.25, 0.3) is 0 Å². The van der Waals surface area contributed by atoms with E-state index < -0.39 is 0 Å². The zero-order valence-corrected chi connectivity index (χ0v) is 9.21. The predicted molar refractivity (Wildman–Crippen MR) is 59.6 cm³/mol. The maximum atomic E-state index is 5.81. The molecule has 0 amide bonds. The molecule has 0 heterocycles. The molecule has 0 radical (unpaired) electrons. The van der Waals surface area contributed by atoms with E-state index in [0.717, 1.165) is 18.7 Å². The molecule has 0 saturated heterocycles. The summed E-state index contributed by atoms with van der Waals surface area (Å²) in [7, 11) is 1.94. The van der Waals surface area contributed by atoms with Crippen molar-refractivity contribution in [3.63, 3.8) is 0 Å². The van der Waals surface area contributed by atoms with Crippen molar-refractivity contribution in [3.05, 3.63) is 29.8 Å². The van der Waals surface area contributed by atoms with Crippen molar-refractivity contribution in [1.29, 1.82) is 0 Å². The van der Waals surface area contributed by atoms with Crippen LogP contribution >= 0.6 is 0 Å². The summed E-state index contributed by atoms with van der Waals surface area (Å²) < 4.78 is 5.81. The molecule has 0 aliphatic carbocycles. The zero-order valence-electron chi connectivity index (χ0n) is 9.21. The molecule has 0 unspecified atom stereocenters. The molecule has 14 heavy (non-hydrogen) atoms. The van der Waals surface area contributed by atoms with Gasteiger partial charge in [0, 0.05) is 12.1 Å². The SMILES string of the molecule is CC[C@H](C)Oc1ccccc1CNC. The molecule has 0 saturated carbocycles. The maximum Gasteiger partial charge on any atom is 0.124 e. The van der Waals surface area contributed by atoms with Crippen LogP contribution in [0.5, 0.6) is 5.75 Å². The van der Waals surface area contributed by atoms with E-state index in [1.807, 2.05) is 25.2 Å². The smallest absolute Gasteiger partial charge is 0.124 e. The Kier molecular flexibility index (Phi) is 4.47. The molecular formula is C12H19NO. The first-order chi connectivity index (χ1) is 6.77. The molecule has 2 heteroatoms. The molecule has 78 valence electrons. The molecule has 0 aromatic heterocycles. The monoisotopic (exact) mass is 193 g/mol. The highest BCUT2D eigenvalue weighted by Gasteiger charge is 2.05. The Labute approximate surface area is 86.3 Å². The van der Waals surface area contributed by atoms with Crippen LogP contribution in [0.1, 0.15) is 25.8 Å². The van der Waals surface area contributed by atoms with E-state index in [1.54, 1.807) is 0 Å². The lowest BCUT2D eigenvalue weighted by Gasteiger charge is -2.15. The fourth-order valence-corrected chi connectivity index (χ4v) is 1.26. The Hall–Kier alpha value is -1.02. The average Bonchev–Trinajstić information content (AvgIpc) is 2.21. The van der Waals surface area contributed by atoms with Gasteiger partial charge in [-0.15, -0.1) is 0 Å². The third-order valence-corrected chi connectivity index (χ3v) is 2.24. The Bertz CT molecular complexity index is 273. The van der Waals surface area contributed by atoms with Gasteiger partial charge in [-0.25, -0.2) is 0 Å². The number of ether oxygens (including phenoxy) is 1. The summed E-state index contributed by atoms with van der Waals surface area (Å²) in [5.74, 6) is 0.996. The highest BCUT2D eigenvalue weighted by Crippen LogP contribution is 2.19. The van der Waals surface area contributed by atoms with Gasteiger partial charge in [-0.1, -0.05) is 25.1 Å². The number of rotatable bonds is 5. The Morgan fingerprint density at radius 3 is 2.71 bits per heavy atom. The van der Waals surface area contributed by atoms with E-state index in [4.69, 9.17) is 4.74 Å². The summed E-state index contributed by atoms with van der Waals surface area (Å²) in [6.07, 6.45) is 1.32. The fourth-order valence-electron chi connectivity index (χ4n) is 1.26. The molecule has 1 aromatic rings. The molecule has 0 spiro atoms. The van der Waals surface area contributed by atoms with E-state index in [9.17, 15) is 0 Å². The lowest BCUT2D eigenvalue weighted by molar-refractivity contribution is 0.215. The summed E-state index contributed by atoms with van der Waals surface area (Å²) in [5.41, 5.74) is 1.22. The van der Waals surface area contributed by atoms with Crippen LogP contribution in [0.4, 0.5) is 0 Å². The lowest BCUT2D eigenvalue weighted by atomic mass is 10.2. The first kappa shape index (κ1) is 11.1. The standard InChI is InChI=1S/C12H19NO/c1-4-10(2)14-12-8-6-5-7-11(12)9-13-3/h5-8,10,13H,4,9H2,1-3H3/t10-/m0/s1. The van der Waals surface area contributed by atoms with Crippen molar-refractivity contribution < 1.29 is 4.74 Å². The Morgan fingerprint density at radius 1 is 1.36 bits per heavy atom. The summed E-state index contributed by atoms with van der Waals surface area (Å²) in [6, 6.07) is 8.17. The molecule has 0 bridgehead atoms. The zero-order chi connectivity index (χ0) is 10.4. The van der Waals surface area contributed by atoms with Gasteiger partial charge in [0.05, 0.1) is 6.10 Å². The molecule has 2 nitrogen and oxygen atoms in total. The van der Waals surface area contributed by atoms with E-state index in [-0.39, 0.29) is 6.10 Å². The average molecular weight is 193 g/mol. The van der Waals surface area contributed by atoms with Crippen molar-refractivity contribution in [2.75, 3.05) is 7.05 Å². The van der Waals surface area contributed by atoms with Gasteiger partial charge in [0.15, 0.2) is 0 Å². The topological polar surface area (TPSA) is 21.3 Å². The normalized spacial score (nSPS) is 12.5. The van der Waals surface area contributed by atoms with Crippen molar-refractivity contribution in [1.82, 2.24) is 5.32 Å². The Balaban J connectivity index is 2.73. The van der Waals surface area contributed by atoms with Crippen LogP contribution in [-0.4, -0.2) is 13.2 Å². The summed E-state index contributed by atoms with van der Waals surface area (Å²) in [5, 5.41) is 3.14.